The van der Waals surface area contributed by atoms with E-state index in [1.807, 2.05) is 13.8 Å². The summed E-state index contributed by atoms with van der Waals surface area (Å²) < 4.78 is 10.3. The minimum Gasteiger partial charge on any atom is -0.462 e. The van der Waals surface area contributed by atoms with Crippen LogP contribution < -0.4 is 0 Å². The van der Waals surface area contributed by atoms with E-state index in [4.69, 9.17) is 9.47 Å². The molecular weight excluding hydrogens is 440 g/mol. The van der Waals surface area contributed by atoms with Crippen molar-refractivity contribution in [3.63, 3.8) is 0 Å². The van der Waals surface area contributed by atoms with Crippen molar-refractivity contribution >= 4 is 29.5 Å². The fourth-order valence-electron chi connectivity index (χ4n) is 4.09. The van der Waals surface area contributed by atoms with Gasteiger partial charge in [-0.3, -0.25) is 19.3 Å². The Morgan fingerprint density at radius 3 is 2.12 bits per heavy atom. The Bertz CT molecular complexity index is 1130. The van der Waals surface area contributed by atoms with E-state index in [1.54, 1.807) is 32.9 Å². The number of Topliss-reactive ketones (excluding diaryl/α,β-unsaturated/α-hetero) is 1. The van der Waals surface area contributed by atoms with Gasteiger partial charge in [-0.1, -0.05) is 26.0 Å². The Hall–Kier alpha value is -3.75. The van der Waals surface area contributed by atoms with E-state index in [0.29, 0.717) is 11.3 Å². The first-order chi connectivity index (χ1) is 16.1. The summed E-state index contributed by atoms with van der Waals surface area (Å²) >= 11 is 0. The van der Waals surface area contributed by atoms with Gasteiger partial charge in [-0.25, -0.2) is 9.59 Å². The van der Waals surface area contributed by atoms with Gasteiger partial charge < -0.3 is 14.5 Å². The van der Waals surface area contributed by atoms with Crippen LogP contribution in [-0.2, 0) is 14.3 Å². The number of esters is 2. The summed E-state index contributed by atoms with van der Waals surface area (Å²) in [7, 11) is 0. The van der Waals surface area contributed by atoms with Crippen molar-refractivity contribution in [1.82, 2.24) is 9.88 Å². The summed E-state index contributed by atoms with van der Waals surface area (Å²) in [4.78, 5) is 67.5. The van der Waals surface area contributed by atoms with Crippen LogP contribution in [0, 0.1) is 19.8 Å². The second-order valence-corrected chi connectivity index (χ2v) is 8.55. The molecule has 1 N–H and O–H groups in total. The molecule has 1 aromatic heterocycles. The normalized spacial score (nSPS) is 13.8. The quantitative estimate of drug-likeness (QED) is 0.340. The molecule has 0 unspecified atom stereocenters. The third-order valence-corrected chi connectivity index (χ3v) is 5.65. The number of nitrogens with zero attached hydrogens (tertiary/aromatic N) is 1. The molecule has 0 saturated heterocycles. The fraction of sp³-hybridized carbons (Fsp3) is 0.400. The van der Waals surface area contributed by atoms with Crippen LogP contribution >= 0.6 is 0 Å². The molecule has 9 nitrogen and oxygen atoms in total. The first kappa shape index (κ1) is 24.9. The summed E-state index contributed by atoms with van der Waals surface area (Å²) in [5, 5.41) is 0. The third-order valence-electron chi connectivity index (χ3n) is 5.65. The number of hydrogen-bond donors (Lipinski definition) is 1. The van der Waals surface area contributed by atoms with Crippen LogP contribution in [0.5, 0.6) is 0 Å². The number of aryl methyl sites for hydroxylation is 1. The van der Waals surface area contributed by atoms with Gasteiger partial charge in [-0.15, -0.1) is 0 Å². The molecule has 180 valence electrons. The first-order valence-corrected chi connectivity index (χ1v) is 11.1. The van der Waals surface area contributed by atoms with Gasteiger partial charge in [0.1, 0.15) is 6.04 Å². The Balaban J connectivity index is 1.77. The molecule has 1 atom stereocenters. The highest BCUT2D eigenvalue weighted by molar-refractivity contribution is 6.22. The summed E-state index contributed by atoms with van der Waals surface area (Å²) in [6, 6.07) is 5.20. The number of ether oxygens (including phenoxy) is 2. The molecule has 2 aromatic rings. The molecular formula is C25H28N2O7. The highest BCUT2D eigenvalue weighted by atomic mass is 16.5. The van der Waals surface area contributed by atoms with Crippen molar-refractivity contribution < 1.29 is 33.4 Å². The van der Waals surface area contributed by atoms with E-state index < -0.39 is 42.2 Å². The smallest absolute Gasteiger partial charge is 0.340 e. The van der Waals surface area contributed by atoms with Crippen molar-refractivity contribution in [2.45, 2.75) is 47.1 Å². The first-order valence-electron chi connectivity index (χ1n) is 11.1. The molecule has 1 aliphatic rings. The minimum absolute atomic E-state index is 0.0296. The van der Waals surface area contributed by atoms with Gasteiger partial charge in [-0.2, -0.15) is 0 Å². The molecule has 2 amide bonds. The van der Waals surface area contributed by atoms with E-state index >= 15 is 0 Å². The van der Waals surface area contributed by atoms with Crippen LogP contribution in [0.15, 0.2) is 24.3 Å². The van der Waals surface area contributed by atoms with Gasteiger partial charge in [-0.05, 0) is 50.8 Å². The summed E-state index contributed by atoms with van der Waals surface area (Å²) in [6.45, 7) is 8.21. The van der Waals surface area contributed by atoms with Crippen molar-refractivity contribution in [3.05, 3.63) is 57.9 Å². The van der Waals surface area contributed by atoms with Crippen LogP contribution in [0.1, 0.15) is 80.0 Å². The van der Waals surface area contributed by atoms with Gasteiger partial charge in [0.25, 0.3) is 11.8 Å². The monoisotopic (exact) mass is 468 g/mol. The predicted molar refractivity (Wildman–Crippen MR) is 122 cm³/mol. The maximum atomic E-state index is 13.0. The van der Waals surface area contributed by atoms with E-state index in [9.17, 15) is 24.0 Å². The fourth-order valence-corrected chi connectivity index (χ4v) is 4.09. The zero-order valence-corrected chi connectivity index (χ0v) is 19.9. The lowest BCUT2D eigenvalue weighted by Gasteiger charge is -2.25. The number of rotatable bonds is 9. The molecule has 3 rings (SSSR count). The second kappa shape index (κ2) is 10.0. The van der Waals surface area contributed by atoms with Gasteiger partial charge in [0.05, 0.1) is 29.0 Å². The highest BCUT2D eigenvalue weighted by Gasteiger charge is 2.43. The van der Waals surface area contributed by atoms with Crippen molar-refractivity contribution in [2.75, 3.05) is 13.2 Å². The Kier molecular flexibility index (Phi) is 7.34. The van der Waals surface area contributed by atoms with Crippen LogP contribution in [0.3, 0.4) is 0 Å². The number of aromatic nitrogens is 1. The average molecular weight is 469 g/mol. The number of ketones is 1. The molecule has 0 spiro atoms. The zero-order valence-electron chi connectivity index (χ0n) is 19.9. The van der Waals surface area contributed by atoms with Crippen molar-refractivity contribution in [3.8, 4) is 0 Å². The topological polar surface area (TPSA) is 123 Å². The number of imide groups is 1. The molecule has 2 heterocycles. The zero-order chi connectivity index (χ0) is 25.2. The molecule has 1 aromatic carbocycles. The van der Waals surface area contributed by atoms with Crippen molar-refractivity contribution in [2.24, 2.45) is 5.92 Å². The molecule has 0 radical (unpaired) electrons. The molecule has 0 saturated carbocycles. The largest absolute Gasteiger partial charge is 0.462 e. The number of nitrogens with one attached hydrogen (secondary N) is 1. The number of carbonyl (C=O) groups excluding carboxylic acids is 5. The van der Waals surface area contributed by atoms with Crippen LogP contribution in [-0.4, -0.2) is 58.7 Å². The standard InChI is InChI=1S/C25H28N2O7/c1-6-33-25(32)20-14(4)21(26-15(20)5)19(28)12-34-24(31)18(11-13(2)3)27-22(29)16-9-7-8-10-17(16)23(27)30/h7-10,13,18,26H,6,11-12H2,1-5H3/t18-/m0/s1. The number of amides is 2. The lowest BCUT2D eigenvalue weighted by atomic mass is 10.0. The molecule has 0 bridgehead atoms. The lowest BCUT2D eigenvalue weighted by molar-refractivity contribution is -0.147. The minimum atomic E-state index is -1.17. The maximum Gasteiger partial charge on any atom is 0.340 e. The summed E-state index contributed by atoms with van der Waals surface area (Å²) in [6.07, 6.45) is 0.187. The Morgan fingerprint density at radius 1 is 1.00 bits per heavy atom. The molecule has 9 heteroatoms. The molecule has 34 heavy (non-hydrogen) atoms. The number of carbonyl (C=O) groups is 5. The Labute approximate surface area is 197 Å². The van der Waals surface area contributed by atoms with Crippen LogP contribution in [0.2, 0.25) is 0 Å². The number of fused-ring (bicyclic) bond motifs is 1. The van der Waals surface area contributed by atoms with Gasteiger partial charge in [0, 0.05) is 5.69 Å². The predicted octanol–water partition coefficient (Wildman–Crippen LogP) is 3.25. The van der Waals surface area contributed by atoms with Crippen LogP contribution in [0.4, 0.5) is 0 Å². The van der Waals surface area contributed by atoms with Crippen LogP contribution in [0.25, 0.3) is 0 Å². The lowest BCUT2D eigenvalue weighted by Crippen LogP contribution is -2.46. The summed E-state index contributed by atoms with van der Waals surface area (Å²) in [5.74, 6) is -3.10. The van der Waals surface area contributed by atoms with E-state index in [0.717, 1.165) is 4.90 Å². The van der Waals surface area contributed by atoms with E-state index in [1.165, 1.54) is 12.1 Å². The molecule has 1 aliphatic heterocycles. The second-order valence-electron chi connectivity index (χ2n) is 8.55. The maximum absolute atomic E-state index is 13.0. The van der Waals surface area contributed by atoms with Crippen molar-refractivity contribution in [1.29, 1.82) is 0 Å². The number of benzene rings is 1. The van der Waals surface area contributed by atoms with Gasteiger partial charge in [0.15, 0.2) is 6.61 Å². The third kappa shape index (κ3) is 4.64. The van der Waals surface area contributed by atoms with Gasteiger partial charge >= 0.3 is 11.9 Å². The number of hydrogen-bond acceptors (Lipinski definition) is 7. The van der Waals surface area contributed by atoms with E-state index in [-0.39, 0.29) is 41.3 Å². The average Bonchev–Trinajstić information content (AvgIpc) is 3.23. The number of aromatic amines is 1. The molecule has 0 fully saturated rings. The van der Waals surface area contributed by atoms with Gasteiger partial charge in [0.2, 0.25) is 5.78 Å². The number of H-pyrrole nitrogens is 1. The molecule has 0 aliphatic carbocycles. The van der Waals surface area contributed by atoms with E-state index in [2.05, 4.69) is 4.98 Å². The Morgan fingerprint density at radius 2 is 1.59 bits per heavy atom. The SMILES string of the molecule is CCOC(=O)c1c(C)[nH]c(C(=O)COC(=O)[C@H](CC(C)C)N2C(=O)c3ccccc3C2=O)c1C. The highest BCUT2D eigenvalue weighted by Crippen LogP contribution is 2.27. The summed E-state index contributed by atoms with van der Waals surface area (Å²) in [5.41, 5.74) is 1.73.